The van der Waals surface area contributed by atoms with E-state index in [2.05, 4.69) is 17.6 Å². The summed E-state index contributed by atoms with van der Waals surface area (Å²) in [5.41, 5.74) is -0.184. The molecule has 0 bridgehead atoms. The molecule has 168 valence electrons. The van der Waals surface area contributed by atoms with Crippen LogP contribution in [-0.4, -0.2) is 47.4 Å². The van der Waals surface area contributed by atoms with E-state index in [4.69, 9.17) is 27.9 Å². The van der Waals surface area contributed by atoms with Crippen LogP contribution in [0.2, 0.25) is 10.0 Å². The monoisotopic (exact) mass is 469 g/mol. The predicted molar refractivity (Wildman–Crippen MR) is 115 cm³/mol. The molecule has 1 aromatic carbocycles. The summed E-state index contributed by atoms with van der Waals surface area (Å²) >= 11 is 11.9. The highest BCUT2D eigenvalue weighted by Crippen LogP contribution is 2.36. The normalized spacial score (nSPS) is 24.1. The quantitative estimate of drug-likeness (QED) is 0.491. The fourth-order valence-corrected chi connectivity index (χ4v) is 4.19. The Morgan fingerprint density at radius 2 is 1.94 bits per heavy atom. The average molecular weight is 470 g/mol. The van der Waals surface area contributed by atoms with Crippen LogP contribution < -0.4 is 10.6 Å². The molecule has 1 heterocycles. The molecule has 2 N–H and O–H groups in total. The Morgan fingerprint density at radius 3 is 2.58 bits per heavy atom. The molecule has 31 heavy (non-hydrogen) atoms. The van der Waals surface area contributed by atoms with Gasteiger partial charge in [0.2, 0.25) is 0 Å². The van der Waals surface area contributed by atoms with Crippen LogP contribution in [0.25, 0.3) is 0 Å². The zero-order valence-corrected chi connectivity index (χ0v) is 18.9. The van der Waals surface area contributed by atoms with Crippen LogP contribution in [0.5, 0.6) is 0 Å². The second kappa shape index (κ2) is 9.44. The fourth-order valence-electron chi connectivity index (χ4n) is 3.88. The van der Waals surface area contributed by atoms with Crippen molar-refractivity contribution < 1.29 is 23.9 Å². The molecule has 1 saturated carbocycles. The first kappa shape index (κ1) is 23.3. The van der Waals surface area contributed by atoms with E-state index >= 15 is 0 Å². The van der Waals surface area contributed by atoms with E-state index in [-0.39, 0.29) is 6.04 Å². The molecular weight excluding hydrogens is 445 g/mol. The number of rotatable bonds is 6. The van der Waals surface area contributed by atoms with Crippen LogP contribution in [0.3, 0.4) is 0 Å². The van der Waals surface area contributed by atoms with E-state index < -0.39 is 42.5 Å². The van der Waals surface area contributed by atoms with Gasteiger partial charge >= 0.3 is 12.0 Å². The highest BCUT2D eigenvalue weighted by molar-refractivity contribution is 6.42. The molecule has 1 aliphatic heterocycles. The topological polar surface area (TPSA) is 105 Å². The molecule has 8 nitrogen and oxygen atoms in total. The van der Waals surface area contributed by atoms with Gasteiger partial charge in [-0.2, -0.15) is 0 Å². The van der Waals surface area contributed by atoms with E-state index in [0.717, 1.165) is 23.3 Å². The number of carbonyl (C=O) groups is 4. The van der Waals surface area contributed by atoms with E-state index in [1.54, 1.807) is 25.1 Å². The lowest BCUT2D eigenvalue weighted by Gasteiger charge is -2.33. The summed E-state index contributed by atoms with van der Waals surface area (Å²) in [6.45, 7) is 2.79. The predicted octanol–water partition coefficient (Wildman–Crippen LogP) is 3.21. The van der Waals surface area contributed by atoms with Crippen molar-refractivity contribution in [1.82, 2.24) is 15.5 Å². The maximum Gasteiger partial charge on any atom is 0.326 e. The molecule has 1 aromatic rings. The Balaban J connectivity index is 1.48. The van der Waals surface area contributed by atoms with Gasteiger partial charge in [-0.3, -0.25) is 19.3 Å². The molecular formula is C21H25Cl2N3O5. The number of urea groups is 1. The van der Waals surface area contributed by atoms with Crippen LogP contribution in [0.1, 0.15) is 51.1 Å². The number of imide groups is 1. The van der Waals surface area contributed by atoms with E-state index in [1.807, 2.05) is 0 Å². The standard InChI is InChI=1S/C21H25Cl2N3O5/c1-12-5-7-21(8-6-12)19(29)26(20(30)25-21)10-18(28)31-11-17(27)24-13(2)14-3-4-15(22)16(23)9-14/h3-4,9,12-13H,5-8,10-11H2,1-2H3,(H,24,27)(H,25,30)/t12?,13-,21?/m0/s1. The Hall–Kier alpha value is -2.32. The molecule has 2 aliphatic rings. The minimum Gasteiger partial charge on any atom is -0.454 e. The van der Waals surface area contributed by atoms with Gasteiger partial charge in [0.15, 0.2) is 6.61 Å². The number of halogens is 2. The largest absolute Gasteiger partial charge is 0.454 e. The molecule has 2 fully saturated rings. The van der Waals surface area contributed by atoms with E-state index in [1.165, 1.54) is 0 Å². The lowest BCUT2D eigenvalue weighted by atomic mass is 9.77. The number of nitrogens with zero attached hydrogens (tertiary/aromatic N) is 1. The number of esters is 1. The van der Waals surface area contributed by atoms with Crippen molar-refractivity contribution in [2.24, 2.45) is 5.92 Å². The lowest BCUT2D eigenvalue weighted by Crippen LogP contribution is -2.49. The summed E-state index contributed by atoms with van der Waals surface area (Å²) in [4.78, 5) is 50.1. The number of ether oxygens (including phenoxy) is 1. The number of benzene rings is 1. The third-order valence-electron chi connectivity index (χ3n) is 5.85. The van der Waals surface area contributed by atoms with Crippen molar-refractivity contribution >= 4 is 47.0 Å². The van der Waals surface area contributed by atoms with Crippen molar-refractivity contribution in [2.75, 3.05) is 13.2 Å². The highest BCUT2D eigenvalue weighted by Gasteiger charge is 2.52. The second-order valence-electron chi connectivity index (χ2n) is 8.21. The molecule has 0 aromatic heterocycles. The molecule has 10 heteroatoms. The highest BCUT2D eigenvalue weighted by atomic mass is 35.5. The third kappa shape index (κ3) is 5.30. The van der Waals surface area contributed by atoms with Gasteiger partial charge < -0.3 is 15.4 Å². The molecule has 0 unspecified atom stereocenters. The van der Waals surface area contributed by atoms with Crippen molar-refractivity contribution in [3.63, 3.8) is 0 Å². The number of carbonyl (C=O) groups excluding carboxylic acids is 4. The van der Waals surface area contributed by atoms with Crippen molar-refractivity contribution in [1.29, 1.82) is 0 Å². The molecule has 1 atom stereocenters. The molecule has 1 aliphatic carbocycles. The molecule has 4 amide bonds. The van der Waals surface area contributed by atoms with Gasteiger partial charge in [0, 0.05) is 0 Å². The molecule has 0 radical (unpaired) electrons. The zero-order chi connectivity index (χ0) is 22.8. The van der Waals surface area contributed by atoms with Crippen molar-refractivity contribution in [2.45, 2.75) is 51.1 Å². The second-order valence-corrected chi connectivity index (χ2v) is 9.02. The first-order valence-electron chi connectivity index (χ1n) is 10.2. The summed E-state index contributed by atoms with van der Waals surface area (Å²) < 4.78 is 4.96. The first-order chi connectivity index (χ1) is 14.6. The summed E-state index contributed by atoms with van der Waals surface area (Å²) in [5, 5.41) is 6.20. The van der Waals surface area contributed by atoms with Gasteiger partial charge in [-0.05, 0) is 56.2 Å². The summed E-state index contributed by atoms with van der Waals surface area (Å²) in [6.07, 6.45) is 2.78. The number of nitrogens with one attached hydrogen (secondary N) is 2. The lowest BCUT2D eigenvalue weighted by molar-refractivity contribution is -0.151. The van der Waals surface area contributed by atoms with E-state index in [0.29, 0.717) is 28.8 Å². The minimum absolute atomic E-state index is 0.366. The maximum atomic E-state index is 12.8. The van der Waals surface area contributed by atoms with Crippen LogP contribution in [0, 0.1) is 5.92 Å². The van der Waals surface area contributed by atoms with Gasteiger partial charge in [0.25, 0.3) is 11.8 Å². The van der Waals surface area contributed by atoms with Gasteiger partial charge in [-0.15, -0.1) is 0 Å². The van der Waals surface area contributed by atoms with Crippen molar-refractivity contribution in [3.05, 3.63) is 33.8 Å². The molecule has 1 saturated heterocycles. The maximum absolute atomic E-state index is 12.8. The fraction of sp³-hybridized carbons (Fsp3) is 0.524. The zero-order valence-electron chi connectivity index (χ0n) is 17.4. The Morgan fingerprint density at radius 1 is 1.26 bits per heavy atom. The van der Waals surface area contributed by atoms with Crippen LogP contribution in [0.4, 0.5) is 4.79 Å². The number of hydrogen-bond acceptors (Lipinski definition) is 5. The van der Waals surface area contributed by atoms with Gasteiger partial charge in [-0.1, -0.05) is 36.2 Å². The minimum atomic E-state index is -0.920. The van der Waals surface area contributed by atoms with Crippen LogP contribution in [-0.2, 0) is 19.1 Å². The van der Waals surface area contributed by atoms with Gasteiger partial charge in [0.05, 0.1) is 16.1 Å². The first-order valence-corrected chi connectivity index (χ1v) is 10.9. The summed E-state index contributed by atoms with van der Waals surface area (Å²) in [7, 11) is 0. The van der Waals surface area contributed by atoms with Crippen LogP contribution in [0.15, 0.2) is 18.2 Å². The van der Waals surface area contributed by atoms with Crippen LogP contribution >= 0.6 is 23.2 Å². The van der Waals surface area contributed by atoms with E-state index in [9.17, 15) is 19.2 Å². The summed E-state index contributed by atoms with van der Waals surface area (Å²) in [6, 6.07) is 4.00. The van der Waals surface area contributed by atoms with Crippen molar-refractivity contribution in [3.8, 4) is 0 Å². The summed E-state index contributed by atoms with van der Waals surface area (Å²) in [5.74, 6) is -1.26. The van der Waals surface area contributed by atoms with Gasteiger partial charge in [-0.25, -0.2) is 4.79 Å². The third-order valence-corrected chi connectivity index (χ3v) is 6.59. The van der Waals surface area contributed by atoms with Gasteiger partial charge in [0.1, 0.15) is 12.1 Å². The Kier molecular flexibility index (Phi) is 7.11. The number of amides is 4. The molecule has 1 spiro atoms. The Labute approximate surface area is 190 Å². The molecule has 3 rings (SSSR count). The number of hydrogen-bond donors (Lipinski definition) is 2. The average Bonchev–Trinajstić information content (AvgIpc) is 2.95. The smallest absolute Gasteiger partial charge is 0.326 e. The SMILES string of the molecule is CC1CCC2(CC1)NC(=O)N(CC(=O)OCC(=O)N[C@@H](C)c1ccc(Cl)c(Cl)c1)C2=O. The Bertz CT molecular complexity index is 899.